The number of amides is 1. The van der Waals surface area contributed by atoms with Gasteiger partial charge in [-0.3, -0.25) is 4.79 Å². The van der Waals surface area contributed by atoms with Crippen LogP contribution in [0.2, 0.25) is 0 Å². The summed E-state index contributed by atoms with van der Waals surface area (Å²) >= 11 is 3.34. The Morgan fingerprint density at radius 2 is 2.14 bits per heavy atom. The van der Waals surface area contributed by atoms with Crippen molar-refractivity contribution in [3.63, 3.8) is 0 Å². The van der Waals surface area contributed by atoms with E-state index in [0.29, 0.717) is 12.1 Å². The van der Waals surface area contributed by atoms with Gasteiger partial charge >= 0.3 is 0 Å². The average Bonchev–Trinajstić information content (AvgIpc) is 2.50. The maximum Gasteiger partial charge on any atom is 0.226 e. The van der Waals surface area contributed by atoms with Gasteiger partial charge in [-0.2, -0.15) is 0 Å². The van der Waals surface area contributed by atoms with E-state index in [9.17, 15) is 9.18 Å². The first-order valence-electron chi connectivity index (χ1n) is 7.16. The number of piperidine rings is 1. The van der Waals surface area contributed by atoms with Crippen LogP contribution in [0.15, 0.2) is 35.3 Å². The Labute approximate surface area is 145 Å². The van der Waals surface area contributed by atoms with E-state index >= 15 is 0 Å². The van der Waals surface area contributed by atoms with Crippen molar-refractivity contribution in [2.75, 3.05) is 19.6 Å². The summed E-state index contributed by atoms with van der Waals surface area (Å²) in [6.45, 7) is 6.15. The number of nitrogens with one attached hydrogen (secondary N) is 1. The van der Waals surface area contributed by atoms with Crippen LogP contribution in [-0.2, 0) is 11.3 Å². The summed E-state index contributed by atoms with van der Waals surface area (Å²) in [6.07, 6.45) is 3.37. The summed E-state index contributed by atoms with van der Waals surface area (Å²) in [5.41, 5.74) is 0.522. The molecule has 0 atom stereocenters. The zero-order valence-corrected chi connectivity index (χ0v) is 14.8. The highest BCUT2D eigenvalue weighted by Crippen LogP contribution is 2.20. The molecule has 0 saturated carbocycles. The Morgan fingerprint density at radius 3 is 2.77 bits per heavy atom. The zero-order chi connectivity index (χ0) is 15.2. The van der Waals surface area contributed by atoms with Gasteiger partial charge in [0.1, 0.15) is 5.82 Å². The van der Waals surface area contributed by atoms with Crippen LogP contribution < -0.4 is 5.32 Å². The van der Waals surface area contributed by atoms with Crippen LogP contribution in [0.4, 0.5) is 4.39 Å². The van der Waals surface area contributed by atoms with E-state index in [2.05, 4.69) is 27.8 Å². The standard InChI is InChI=1S/C16H20BrFN2O.ClH/c1-2-9-20(16(21)12-5-7-19-8-6-12)11-13-10-14(17)3-4-15(13)18;/h2-4,10,12,19H,1,5-9,11H2;1H. The summed E-state index contributed by atoms with van der Waals surface area (Å²) in [5, 5.41) is 3.25. The van der Waals surface area contributed by atoms with E-state index in [-0.39, 0.29) is 36.6 Å². The van der Waals surface area contributed by atoms with E-state index < -0.39 is 0 Å². The Bertz CT molecular complexity index is 521. The molecule has 1 aromatic rings. The van der Waals surface area contributed by atoms with Gasteiger partial charge in [0, 0.05) is 29.0 Å². The topological polar surface area (TPSA) is 32.3 Å². The van der Waals surface area contributed by atoms with Crippen LogP contribution in [-0.4, -0.2) is 30.4 Å². The van der Waals surface area contributed by atoms with Crippen molar-refractivity contribution in [2.24, 2.45) is 5.92 Å². The molecule has 122 valence electrons. The lowest BCUT2D eigenvalue weighted by atomic mass is 9.96. The predicted octanol–water partition coefficient (Wildman–Crippen LogP) is 3.52. The summed E-state index contributed by atoms with van der Waals surface area (Å²) < 4.78 is 14.7. The van der Waals surface area contributed by atoms with Crippen LogP contribution >= 0.6 is 28.3 Å². The minimum Gasteiger partial charge on any atom is -0.334 e. The summed E-state index contributed by atoms with van der Waals surface area (Å²) in [6, 6.07) is 4.80. The fourth-order valence-corrected chi connectivity index (χ4v) is 2.99. The number of carbonyl (C=O) groups is 1. The lowest BCUT2D eigenvalue weighted by molar-refractivity contribution is -0.136. The van der Waals surface area contributed by atoms with E-state index in [1.54, 1.807) is 23.1 Å². The van der Waals surface area contributed by atoms with Crippen molar-refractivity contribution in [1.29, 1.82) is 0 Å². The Hall–Kier alpha value is -0.910. The molecule has 1 N–H and O–H groups in total. The smallest absolute Gasteiger partial charge is 0.226 e. The third kappa shape index (κ3) is 5.07. The van der Waals surface area contributed by atoms with E-state index in [4.69, 9.17) is 0 Å². The van der Waals surface area contributed by atoms with Gasteiger partial charge in [-0.1, -0.05) is 22.0 Å². The largest absolute Gasteiger partial charge is 0.334 e. The van der Waals surface area contributed by atoms with Gasteiger partial charge < -0.3 is 10.2 Å². The van der Waals surface area contributed by atoms with Gasteiger partial charge in [-0.05, 0) is 44.1 Å². The molecule has 1 saturated heterocycles. The molecule has 2 rings (SSSR count). The lowest BCUT2D eigenvalue weighted by Crippen LogP contribution is -2.41. The first kappa shape index (κ1) is 19.1. The number of halogens is 3. The fourth-order valence-electron chi connectivity index (χ4n) is 2.59. The van der Waals surface area contributed by atoms with Gasteiger partial charge in [0.25, 0.3) is 0 Å². The number of carbonyl (C=O) groups excluding carboxylic acids is 1. The van der Waals surface area contributed by atoms with E-state index in [0.717, 1.165) is 30.4 Å². The van der Waals surface area contributed by atoms with Crippen molar-refractivity contribution < 1.29 is 9.18 Å². The Kier molecular flexibility index (Phi) is 8.07. The minimum absolute atomic E-state index is 0. The van der Waals surface area contributed by atoms with Crippen molar-refractivity contribution in [3.8, 4) is 0 Å². The molecule has 0 radical (unpaired) electrons. The van der Waals surface area contributed by atoms with Gasteiger partial charge in [0.15, 0.2) is 0 Å². The van der Waals surface area contributed by atoms with Crippen LogP contribution in [0.3, 0.4) is 0 Å². The number of nitrogens with zero attached hydrogens (tertiary/aromatic N) is 1. The monoisotopic (exact) mass is 390 g/mol. The molecule has 1 fully saturated rings. The Balaban J connectivity index is 0.00000242. The molecule has 1 aromatic carbocycles. The quantitative estimate of drug-likeness (QED) is 0.779. The molecule has 0 spiro atoms. The lowest BCUT2D eigenvalue weighted by Gasteiger charge is -2.29. The van der Waals surface area contributed by atoms with Gasteiger partial charge in [-0.15, -0.1) is 19.0 Å². The second kappa shape index (κ2) is 9.28. The van der Waals surface area contributed by atoms with Crippen molar-refractivity contribution in [3.05, 3.63) is 46.7 Å². The third-order valence-electron chi connectivity index (χ3n) is 3.72. The maximum atomic E-state index is 13.9. The minimum atomic E-state index is -0.287. The molecule has 22 heavy (non-hydrogen) atoms. The molecule has 1 aliphatic heterocycles. The number of rotatable bonds is 5. The molecule has 0 aromatic heterocycles. The molecule has 0 unspecified atom stereocenters. The zero-order valence-electron chi connectivity index (χ0n) is 12.4. The molecule has 1 aliphatic rings. The molecule has 0 aliphatic carbocycles. The number of hydrogen-bond donors (Lipinski definition) is 1. The second-order valence-electron chi connectivity index (χ2n) is 5.27. The summed E-state index contributed by atoms with van der Waals surface area (Å²) in [4.78, 5) is 14.3. The maximum absolute atomic E-state index is 13.9. The first-order valence-corrected chi connectivity index (χ1v) is 7.95. The van der Waals surface area contributed by atoms with Crippen molar-refractivity contribution in [2.45, 2.75) is 19.4 Å². The van der Waals surface area contributed by atoms with Gasteiger partial charge in [-0.25, -0.2) is 4.39 Å². The van der Waals surface area contributed by atoms with Gasteiger partial charge in [0.05, 0.1) is 0 Å². The summed E-state index contributed by atoms with van der Waals surface area (Å²) in [5.74, 6) is -0.164. The predicted molar refractivity (Wildman–Crippen MR) is 92.6 cm³/mol. The number of benzene rings is 1. The molecule has 1 heterocycles. The average molecular weight is 392 g/mol. The molecule has 3 nitrogen and oxygen atoms in total. The molecule has 1 amide bonds. The fraction of sp³-hybridized carbons (Fsp3) is 0.438. The second-order valence-corrected chi connectivity index (χ2v) is 6.18. The molecule has 6 heteroatoms. The van der Waals surface area contributed by atoms with Gasteiger partial charge in [0.2, 0.25) is 5.91 Å². The third-order valence-corrected chi connectivity index (χ3v) is 4.21. The Morgan fingerprint density at radius 1 is 1.45 bits per heavy atom. The summed E-state index contributed by atoms with van der Waals surface area (Å²) in [7, 11) is 0. The van der Waals surface area contributed by atoms with Crippen LogP contribution in [0, 0.1) is 11.7 Å². The highest BCUT2D eigenvalue weighted by Gasteiger charge is 2.25. The van der Waals surface area contributed by atoms with Crippen molar-refractivity contribution in [1.82, 2.24) is 10.2 Å². The normalized spacial score (nSPS) is 15.0. The van der Waals surface area contributed by atoms with Crippen LogP contribution in [0.1, 0.15) is 18.4 Å². The SMILES string of the molecule is C=CCN(Cc1cc(Br)ccc1F)C(=O)C1CCNCC1.Cl. The van der Waals surface area contributed by atoms with Crippen molar-refractivity contribution >= 4 is 34.2 Å². The molecule has 0 bridgehead atoms. The molecular formula is C16H21BrClFN2O. The highest BCUT2D eigenvalue weighted by atomic mass is 79.9. The van der Waals surface area contributed by atoms with Crippen LogP contribution in [0.25, 0.3) is 0 Å². The van der Waals surface area contributed by atoms with E-state index in [1.807, 2.05) is 0 Å². The number of hydrogen-bond acceptors (Lipinski definition) is 2. The molecular weight excluding hydrogens is 371 g/mol. The van der Waals surface area contributed by atoms with E-state index in [1.165, 1.54) is 6.07 Å². The first-order chi connectivity index (χ1) is 10.1. The van der Waals surface area contributed by atoms with Crippen LogP contribution in [0.5, 0.6) is 0 Å². The highest BCUT2D eigenvalue weighted by molar-refractivity contribution is 9.10.